The van der Waals surface area contributed by atoms with E-state index in [1.165, 1.54) is 5.56 Å². The largest absolute Gasteiger partial charge is 2.00 e. The van der Waals surface area contributed by atoms with E-state index in [2.05, 4.69) is 17.4 Å². The van der Waals surface area contributed by atoms with Crippen LogP contribution >= 0.6 is 0 Å². The SMILES string of the molecule is O=C1N[C@H](Cc2ccccc2)[C@H]([C]2[CH][CH][CH][CH]2)O1.[CH]1[CH][CH][CH][CH]1.[Fe+2]. The Morgan fingerprint density at radius 3 is 2.04 bits per heavy atom. The first-order valence-corrected chi connectivity index (χ1v) is 7.72. The molecule has 4 rings (SSSR count). The van der Waals surface area contributed by atoms with E-state index < -0.39 is 0 Å². The van der Waals surface area contributed by atoms with E-state index in [0.717, 1.165) is 12.3 Å². The summed E-state index contributed by atoms with van der Waals surface area (Å²) >= 11 is 0. The predicted octanol–water partition coefficient (Wildman–Crippen LogP) is 3.13. The van der Waals surface area contributed by atoms with Crippen LogP contribution < -0.4 is 5.32 Å². The van der Waals surface area contributed by atoms with Crippen LogP contribution in [0.3, 0.4) is 0 Å². The zero-order chi connectivity index (χ0) is 15.9. The fourth-order valence-electron chi connectivity index (χ4n) is 2.68. The summed E-state index contributed by atoms with van der Waals surface area (Å²) in [6.07, 6.45) is 18.2. The Balaban J connectivity index is 0.000000300. The van der Waals surface area contributed by atoms with Crippen molar-refractivity contribution >= 4 is 6.09 Å². The van der Waals surface area contributed by atoms with Gasteiger partial charge in [0.15, 0.2) is 0 Å². The van der Waals surface area contributed by atoms with Crippen molar-refractivity contribution in [1.82, 2.24) is 5.32 Å². The van der Waals surface area contributed by atoms with Crippen molar-refractivity contribution in [2.45, 2.75) is 18.6 Å². The van der Waals surface area contributed by atoms with Gasteiger partial charge >= 0.3 is 23.2 Å². The molecule has 3 nitrogen and oxygen atoms in total. The van der Waals surface area contributed by atoms with Crippen molar-refractivity contribution in [3.05, 3.63) is 99.6 Å². The molecule has 24 heavy (non-hydrogen) atoms. The molecular weight excluding hydrogens is 342 g/mol. The molecule has 2 atom stereocenters. The molecule has 1 aliphatic heterocycles. The number of carbonyl (C=O) groups is 1. The second kappa shape index (κ2) is 10.1. The molecule has 0 aromatic heterocycles. The Morgan fingerprint density at radius 2 is 1.46 bits per heavy atom. The van der Waals surface area contributed by atoms with Gasteiger partial charge in [-0.25, -0.2) is 4.79 Å². The van der Waals surface area contributed by atoms with Gasteiger partial charge in [-0.3, -0.25) is 0 Å². The molecule has 1 N–H and O–H groups in total. The van der Waals surface area contributed by atoms with Crippen molar-refractivity contribution in [2.75, 3.05) is 0 Å². The Bertz CT molecular complexity index is 476. The van der Waals surface area contributed by atoms with Gasteiger partial charge in [0.25, 0.3) is 0 Å². The topological polar surface area (TPSA) is 38.3 Å². The van der Waals surface area contributed by atoms with Crippen LogP contribution in [0.4, 0.5) is 4.79 Å². The van der Waals surface area contributed by atoms with Gasteiger partial charge in [0.05, 0.1) is 6.04 Å². The molecule has 3 fully saturated rings. The fourth-order valence-corrected chi connectivity index (χ4v) is 2.68. The number of benzene rings is 1. The number of cyclic esters (lactones) is 1. The maximum atomic E-state index is 11.4. The quantitative estimate of drug-likeness (QED) is 0.841. The maximum absolute atomic E-state index is 11.4. The van der Waals surface area contributed by atoms with Crippen LogP contribution in [0.2, 0.25) is 0 Å². The van der Waals surface area contributed by atoms with Crippen molar-refractivity contribution in [3.63, 3.8) is 0 Å². The molecule has 2 aliphatic carbocycles. The number of ether oxygens (including phenoxy) is 1. The standard InChI is InChI=1S/C15H14NO2.C5H5.Fe/c17-15-16-13(10-11-6-2-1-3-7-11)14(18-15)12-8-4-5-9-12;1-2-4-5-3-1;/h1-9,13-14H,10H2,(H,16,17);1-5H;/q;;+2/t13-,14+;;/m1../s1. The van der Waals surface area contributed by atoms with Gasteiger partial charge in [-0.05, 0) is 69.8 Å². The van der Waals surface area contributed by atoms with E-state index in [0.29, 0.717) is 0 Å². The number of amides is 1. The third kappa shape index (κ3) is 5.53. The van der Waals surface area contributed by atoms with Gasteiger partial charge in [-0.2, -0.15) is 0 Å². The second-order valence-corrected chi connectivity index (χ2v) is 5.45. The molecule has 1 aromatic carbocycles. The van der Waals surface area contributed by atoms with E-state index in [1.54, 1.807) is 0 Å². The van der Waals surface area contributed by atoms with E-state index in [4.69, 9.17) is 4.74 Å². The molecule has 0 bridgehead atoms. The first-order chi connectivity index (χ1) is 11.3. The average Bonchev–Trinajstić information content (AvgIpc) is 3.32. The van der Waals surface area contributed by atoms with Crippen LogP contribution in [0.1, 0.15) is 5.56 Å². The maximum Gasteiger partial charge on any atom is 2.00 e. The van der Waals surface area contributed by atoms with E-state index >= 15 is 0 Å². The van der Waals surface area contributed by atoms with Gasteiger partial charge < -0.3 is 10.1 Å². The van der Waals surface area contributed by atoms with Gasteiger partial charge in [0.1, 0.15) is 6.10 Å². The van der Waals surface area contributed by atoms with E-state index in [-0.39, 0.29) is 35.3 Å². The van der Waals surface area contributed by atoms with Crippen molar-refractivity contribution < 1.29 is 26.6 Å². The summed E-state index contributed by atoms with van der Waals surface area (Å²) in [4.78, 5) is 11.4. The van der Waals surface area contributed by atoms with Crippen LogP contribution in [-0.4, -0.2) is 18.2 Å². The van der Waals surface area contributed by atoms with Crippen LogP contribution in [0.5, 0.6) is 0 Å². The molecule has 0 unspecified atom stereocenters. The Hall–Kier alpha value is -0.991. The van der Waals surface area contributed by atoms with Crippen molar-refractivity contribution in [3.8, 4) is 0 Å². The van der Waals surface area contributed by atoms with Crippen LogP contribution in [0, 0.1) is 63.7 Å². The van der Waals surface area contributed by atoms with Gasteiger partial charge in [0, 0.05) is 5.92 Å². The van der Waals surface area contributed by atoms with E-state index in [1.807, 2.05) is 76.0 Å². The number of carbonyl (C=O) groups excluding carboxylic acids is 1. The summed E-state index contributed by atoms with van der Waals surface area (Å²) in [7, 11) is 0. The molecule has 1 aromatic rings. The number of alkyl carbamates (subject to hydrolysis) is 1. The number of hydrogen-bond acceptors (Lipinski definition) is 2. The molecule has 1 amide bonds. The molecule has 1 heterocycles. The minimum atomic E-state index is -0.331. The van der Waals surface area contributed by atoms with Gasteiger partial charge in [-0.15, -0.1) is 0 Å². The zero-order valence-corrected chi connectivity index (χ0v) is 14.2. The summed E-state index contributed by atoms with van der Waals surface area (Å²) in [6, 6.07) is 10.1. The summed E-state index contributed by atoms with van der Waals surface area (Å²) < 4.78 is 5.34. The number of hydrogen-bond donors (Lipinski definition) is 1. The Kier molecular flexibility index (Phi) is 8.14. The predicted molar refractivity (Wildman–Crippen MR) is 89.3 cm³/mol. The number of nitrogens with one attached hydrogen (secondary N) is 1. The molecule has 4 heteroatoms. The molecule has 1 saturated heterocycles. The van der Waals surface area contributed by atoms with Gasteiger partial charge in [0.2, 0.25) is 0 Å². The molecule has 122 valence electrons. The molecule has 10 radical (unpaired) electrons. The monoisotopic (exact) mass is 361 g/mol. The second-order valence-electron chi connectivity index (χ2n) is 5.45. The van der Waals surface area contributed by atoms with Crippen LogP contribution in [0.25, 0.3) is 0 Å². The molecule has 0 spiro atoms. The smallest absolute Gasteiger partial charge is 0.443 e. The Morgan fingerprint density at radius 1 is 0.875 bits per heavy atom. The van der Waals surface area contributed by atoms with Gasteiger partial charge in [-0.1, -0.05) is 30.3 Å². The van der Waals surface area contributed by atoms with Crippen LogP contribution in [-0.2, 0) is 28.2 Å². The normalized spacial score (nSPS) is 26.1. The Labute approximate surface area is 156 Å². The van der Waals surface area contributed by atoms with E-state index in [9.17, 15) is 4.79 Å². The van der Waals surface area contributed by atoms with Crippen molar-refractivity contribution in [1.29, 1.82) is 0 Å². The summed E-state index contributed by atoms with van der Waals surface area (Å²) in [6.45, 7) is 0. The third-order valence-electron chi connectivity index (χ3n) is 3.77. The molecule has 3 aliphatic rings. The summed E-state index contributed by atoms with van der Waals surface area (Å²) in [5.41, 5.74) is 1.20. The number of rotatable bonds is 3. The third-order valence-corrected chi connectivity index (χ3v) is 3.77. The molecule has 2 saturated carbocycles. The van der Waals surface area contributed by atoms with Crippen LogP contribution in [0.15, 0.2) is 30.3 Å². The fraction of sp³-hybridized carbons (Fsp3) is 0.150. The zero-order valence-electron chi connectivity index (χ0n) is 13.1. The minimum Gasteiger partial charge on any atom is -0.443 e. The van der Waals surface area contributed by atoms with Crippen molar-refractivity contribution in [2.24, 2.45) is 0 Å². The summed E-state index contributed by atoms with van der Waals surface area (Å²) in [5, 5.41) is 2.88. The minimum absolute atomic E-state index is 0. The summed E-state index contributed by atoms with van der Waals surface area (Å²) in [5.74, 6) is 1.05. The first-order valence-electron chi connectivity index (χ1n) is 7.72. The molecular formula is C20H19FeNO2+2. The average molecular weight is 361 g/mol. The first kappa shape index (κ1) is 19.3.